The van der Waals surface area contributed by atoms with Gasteiger partial charge in [-0.05, 0) is 51.3 Å². The normalized spacial score (nSPS) is 16.0. The van der Waals surface area contributed by atoms with Crippen LogP contribution in [0.1, 0.15) is 31.7 Å². The summed E-state index contributed by atoms with van der Waals surface area (Å²) in [5, 5.41) is 3.06. The average molecular weight is 290 g/mol. The van der Waals surface area contributed by atoms with Crippen molar-refractivity contribution >= 4 is 11.7 Å². The van der Waals surface area contributed by atoms with Gasteiger partial charge in [-0.25, -0.2) is 0 Å². The van der Waals surface area contributed by atoms with Gasteiger partial charge in [0.25, 0.3) is 0 Å². The van der Waals surface area contributed by atoms with Crippen LogP contribution in [0, 0.1) is 0 Å². The molecule has 0 bridgehead atoms. The molecule has 1 aromatic carbocycles. The third-order valence-corrected chi connectivity index (χ3v) is 4.06. The molecule has 1 aliphatic rings. The Hall–Kier alpha value is -1.55. The van der Waals surface area contributed by atoms with E-state index in [1.807, 2.05) is 14.0 Å². The molecule has 0 fully saturated rings. The highest BCUT2D eigenvalue weighted by molar-refractivity contribution is 5.75. The zero-order valence-electron chi connectivity index (χ0n) is 13.1. The number of para-hydroxylation sites is 1. The maximum Gasteiger partial charge on any atom is 0.323 e. The summed E-state index contributed by atoms with van der Waals surface area (Å²) in [7, 11) is 1.82. The number of likely N-dealkylation sites (N-methyl/N-ethyl adjacent to an activating group) is 1. The molecule has 1 heterocycles. The molecule has 0 radical (unpaired) electrons. The van der Waals surface area contributed by atoms with Crippen LogP contribution in [-0.2, 0) is 16.0 Å². The van der Waals surface area contributed by atoms with E-state index >= 15 is 0 Å². The lowest BCUT2D eigenvalue weighted by Crippen LogP contribution is -2.39. The van der Waals surface area contributed by atoms with Gasteiger partial charge in [-0.2, -0.15) is 0 Å². The summed E-state index contributed by atoms with van der Waals surface area (Å²) in [6.45, 7) is 4.22. The highest BCUT2D eigenvalue weighted by Gasteiger charge is 2.20. The molecule has 4 nitrogen and oxygen atoms in total. The van der Waals surface area contributed by atoms with Crippen molar-refractivity contribution < 1.29 is 9.53 Å². The van der Waals surface area contributed by atoms with Crippen LogP contribution in [0.25, 0.3) is 0 Å². The van der Waals surface area contributed by atoms with Gasteiger partial charge in [0.2, 0.25) is 0 Å². The van der Waals surface area contributed by atoms with Crippen LogP contribution in [0.4, 0.5) is 5.69 Å². The molecule has 0 aromatic heterocycles. The first-order valence-corrected chi connectivity index (χ1v) is 7.93. The molecule has 116 valence electrons. The fraction of sp³-hybridized carbons (Fsp3) is 0.588. The Labute approximate surface area is 127 Å². The Balaban J connectivity index is 2.00. The largest absolute Gasteiger partial charge is 0.465 e. The van der Waals surface area contributed by atoms with Gasteiger partial charge in [-0.15, -0.1) is 0 Å². The predicted molar refractivity (Wildman–Crippen MR) is 85.7 cm³/mol. The second kappa shape index (κ2) is 8.03. The molecule has 0 saturated carbocycles. The minimum atomic E-state index is -0.222. The molecule has 21 heavy (non-hydrogen) atoms. The maximum absolute atomic E-state index is 11.9. The Bertz CT molecular complexity index is 462. The maximum atomic E-state index is 11.9. The Morgan fingerprint density at radius 3 is 2.95 bits per heavy atom. The van der Waals surface area contributed by atoms with Gasteiger partial charge in [-0.1, -0.05) is 18.2 Å². The number of aryl methyl sites for hydroxylation is 1. The van der Waals surface area contributed by atoms with E-state index in [0.717, 1.165) is 25.9 Å². The number of hydrogen-bond acceptors (Lipinski definition) is 4. The summed E-state index contributed by atoms with van der Waals surface area (Å²) in [4.78, 5) is 14.3. The lowest BCUT2D eigenvalue weighted by molar-refractivity contribution is -0.145. The second-order valence-corrected chi connectivity index (χ2v) is 5.45. The molecular formula is C17H26N2O2. The zero-order valence-corrected chi connectivity index (χ0v) is 13.1. The standard InChI is InChI=1S/C17H26N2O2/c1-3-21-17(20)15(18-2)11-13-19-12-7-6-9-14-8-4-5-10-16(14)19/h4-5,8,10,15,18H,3,6-7,9,11-13H2,1-2H3. The summed E-state index contributed by atoms with van der Waals surface area (Å²) in [6.07, 6.45) is 4.36. The molecule has 0 saturated heterocycles. The molecule has 1 unspecified atom stereocenters. The number of fused-ring (bicyclic) bond motifs is 1. The van der Waals surface area contributed by atoms with Crippen molar-refractivity contribution in [1.82, 2.24) is 5.32 Å². The van der Waals surface area contributed by atoms with E-state index < -0.39 is 0 Å². The lowest BCUT2D eigenvalue weighted by Gasteiger charge is -2.26. The number of anilines is 1. The lowest BCUT2D eigenvalue weighted by atomic mass is 10.1. The molecule has 1 aliphatic heterocycles. The first-order chi connectivity index (χ1) is 10.3. The fourth-order valence-corrected chi connectivity index (χ4v) is 2.91. The monoisotopic (exact) mass is 290 g/mol. The van der Waals surface area contributed by atoms with Gasteiger partial charge in [0, 0.05) is 18.8 Å². The van der Waals surface area contributed by atoms with E-state index in [4.69, 9.17) is 4.74 Å². The summed E-state index contributed by atoms with van der Waals surface area (Å²) < 4.78 is 5.11. The first-order valence-electron chi connectivity index (χ1n) is 7.93. The highest BCUT2D eigenvalue weighted by Crippen LogP contribution is 2.26. The second-order valence-electron chi connectivity index (χ2n) is 5.45. The highest BCUT2D eigenvalue weighted by atomic mass is 16.5. The summed E-state index contributed by atoms with van der Waals surface area (Å²) >= 11 is 0. The quantitative estimate of drug-likeness (QED) is 0.817. The van der Waals surface area contributed by atoms with Crippen LogP contribution < -0.4 is 10.2 Å². The van der Waals surface area contributed by atoms with Gasteiger partial charge in [0.05, 0.1) is 6.61 Å². The van der Waals surface area contributed by atoms with Gasteiger partial charge < -0.3 is 15.0 Å². The van der Waals surface area contributed by atoms with Crippen molar-refractivity contribution in [2.75, 3.05) is 31.6 Å². The van der Waals surface area contributed by atoms with E-state index in [1.165, 1.54) is 24.1 Å². The predicted octanol–water partition coefficient (Wildman–Crippen LogP) is 2.37. The third-order valence-electron chi connectivity index (χ3n) is 4.06. The van der Waals surface area contributed by atoms with Crippen LogP contribution in [0.5, 0.6) is 0 Å². The molecule has 0 spiro atoms. The zero-order chi connectivity index (χ0) is 15.1. The number of nitrogens with zero attached hydrogens (tertiary/aromatic N) is 1. The van der Waals surface area contributed by atoms with Gasteiger partial charge in [0.1, 0.15) is 6.04 Å². The van der Waals surface area contributed by atoms with Crippen molar-refractivity contribution in [3.63, 3.8) is 0 Å². The van der Waals surface area contributed by atoms with Gasteiger partial charge in [-0.3, -0.25) is 4.79 Å². The van der Waals surface area contributed by atoms with Crippen LogP contribution in [0.15, 0.2) is 24.3 Å². The average Bonchev–Trinajstić information content (AvgIpc) is 2.71. The topological polar surface area (TPSA) is 41.6 Å². The Kier molecular flexibility index (Phi) is 6.05. The number of ether oxygens (including phenoxy) is 1. The van der Waals surface area contributed by atoms with Gasteiger partial charge in [0.15, 0.2) is 0 Å². The molecule has 0 aliphatic carbocycles. The summed E-state index contributed by atoms with van der Waals surface area (Å²) in [6, 6.07) is 8.39. The van der Waals surface area contributed by atoms with Crippen molar-refractivity contribution in [2.45, 2.75) is 38.6 Å². The SMILES string of the molecule is CCOC(=O)C(CCN1CCCCc2ccccc21)NC. The van der Waals surface area contributed by atoms with Crippen molar-refractivity contribution in [1.29, 1.82) is 0 Å². The number of rotatable bonds is 6. The van der Waals surface area contributed by atoms with E-state index in [-0.39, 0.29) is 12.0 Å². The number of hydrogen-bond donors (Lipinski definition) is 1. The molecule has 0 amide bonds. The van der Waals surface area contributed by atoms with Crippen molar-refractivity contribution in [3.8, 4) is 0 Å². The van der Waals surface area contributed by atoms with E-state index in [2.05, 4.69) is 34.5 Å². The minimum absolute atomic E-state index is 0.150. The third kappa shape index (κ3) is 4.21. The molecule has 4 heteroatoms. The van der Waals surface area contributed by atoms with Crippen LogP contribution in [-0.4, -0.2) is 38.8 Å². The Morgan fingerprint density at radius 1 is 1.38 bits per heavy atom. The molecule has 1 aromatic rings. The summed E-state index contributed by atoms with van der Waals surface area (Å²) in [5.41, 5.74) is 2.75. The fourth-order valence-electron chi connectivity index (χ4n) is 2.91. The smallest absolute Gasteiger partial charge is 0.323 e. The molecular weight excluding hydrogens is 264 g/mol. The molecule has 2 rings (SSSR count). The van der Waals surface area contributed by atoms with E-state index in [0.29, 0.717) is 6.61 Å². The van der Waals surface area contributed by atoms with E-state index in [9.17, 15) is 4.79 Å². The molecule has 1 N–H and O–H groups in total. The van der Waals surface area contributed by atoms with Crippen molar-refractivity contribution in [3.05, 3.63) is 29.8 Å². The number of benzene rings is 1. The number of carbonyl (C=O) groups excluding carboxylic acids is 1. The summed E-state index contributed by atoms with van der Waals surface area (Å²) in [5.74, 6) is -0.150. The van der Waals surface area contributed by atoms with Crippen LogP contribution in [0.2, 0.25) is 0 Å². The van der Waals surface area contributed by atoms with Crippen LogP contribution >= 0.6 is 0 Å². The van der Waals surface area contributed by atoms with Gasteiger partial charge >= 0.3 is 5.97 Å². The number of carbonyl (C=O) groups is 1. The minimum Gasteiger partial charge on any atom is -0.465 e. The molecule has 1 atom stereocenters. The number of nitrogens with one attached hydrogen (secondary N) is 1. The Morgan fingerprint density at radius 2 is 2.19 bits per heavy atom. The number of esters is 1. The van der Waals surface area contributed by atoms with Crippen LogP contribution in [0.3, 0.4) is 0 Å². The first kappa shape index (κ1) is 15.8. The van der Waals surface area contributed by atoms with E-state index in [1.54, 1.807) is 0 Å². The van der Waals surface area contributed by atoms with Crippen molar-refractivity contribution in [2.24, 2.45) is 0 Å².